The van der Waals surface area contributed by atoms with E-state index in [4.69, 9.17) is 0 Å². The largest absolute Gasteiger partial charge is 0.371 e. The number of anilines is 1. The molecule has 1 aliphatic heterocycles. The molecule has 1 heterocycles. The van der Waals surface area contributed by atoms with Gasteiger partial charge in [-0.3, -0.25) is 0 Å². The summed E-state index contributed by atoms with van der Waals surface area (Å²) >= 11 is 0. The van der Waals surface area contributed by atoms with E-state index in [1.165, 1.54) is 83.1 Å². The number of benzene rings is 1. The van der Waals surface area contributed by atoms with Gasteiger partial charge in [-0.2, -0.15) is 0 Å². The molecule has 1 aromatic rings. The topological polar surface area (TPSA) is 7.68 Å². The fourth-order valence-corrected chi connectivity index (χ4v) is 4.59. The van der Waals surface area contributed by atoms with Crippen molar-refractivity contribution in [3.05, 3.63) is 30.3 Å². The number of para-hydroxylation sites is 1. The molecule has 0 aromatic heterocycles. The third kappa shape index (κ3) is 4.97. The molecule has 1 aliphatic carbocycles. The number of quaternary nitrogens is 1. The molecule has 1 aromatic carbocycles. The van der Waals surface area contributed by atoms with Crippen molar-refractivity contribution >= 4 is 5.69 Å². The zero-order valence-corrected chi connectivity index (χ0v) is 15.0. The molecule has 3 rings (SSSR count). The highest BCUT2D eigenvalue weighted by Crippen LogP contribution is 2.26. The van der Waals surface area contributed by atoms with Crippen LogP contribution in [-0.2, 0) is 0 Å². The van der Waals surface area contributed by atoms with Crippen LogP contribution < -0.4 is 9.80 Å². The lowest BCUT2D eigenvalue weighted by Crippen LogP contribution is -3.13. The Labute approximate surface area is 142 Å². The van der Waals surface area contributed by atoms with Gasteiger partial charge in [-0.15, -0.1) is 0 Å². The molecule has 2 atom stereocenters. The third-order valence-corrected chi connectivity index (χ3v) is 6.14. The van der Waals surface area contributed by atoms with Crippen LogP contribution in [-0.4, -0.2) is 32.7 Å². The second kappa shape index (κ2) is 8.73. The minimum absolute atomic E-state index is 0.876. The normalized spacial score (nSPS) is 26.1. The number of rotatable bonds is 6. The molecule has 1 saturated heterocycles. The number of nitrogens with one attached hydrogen (secondary N) is 1. The Morgan fingerprint density at radius 2 is 1.70 bits per heavy atom. The average molecular weight is 316 g/mol. The molecule has 2 fully saturated rings. The number of piperidine rings is 1. The van der Waals surface area contributed by atoms with E-state index < -0.39 is 0 Å². The first-order chi connectivity index (χ1) is 11.3. The second-order valence-corrected chi connectivity index (χ2v) is 7.86. The minimum atomic E-state index is 0.876. The summed E-state index contributed by atoms with van der Waals surface area (Å²) < 4.78 is 0. The van der Waals surface area contributed by atoms with Crippen molar-refractivity contribution in [3.8, 4) is 0 Å². The molecule has 23 heavy (non-hydrogen) atoms. The smallest absolute Gasteiger partial charge is 0.0889 e. The van der Waals surface area contributed by atoms with Crippen LogP contribution in [0.2, 0.25) is 0 Å². The third-order valence-electron chi connectivity index (χ3n) is 6.14. The van der Waals surface area contributed by atoms with Gasteiger partial charge in [-0.1, -0.05) is 37.5 Å². The van der Waals surface area contributed by atoms with E-state index in [2.05, 4.69) is 42.3 Å². The quantitative estimate of drug-likeness (QED) is 0.844. The fourth-order valence-electron chi connectivity index (χ4n) is 4.59. The van der Waals surface area contributed by atoms with Crippen molar-refractivity contribution < 1.29 is 4.90 Å². The molecular weight excluding hydrogens is 280 g/mol. The van der Waals surface area contributed by atoms with Crippen molar-refractivity contribution in [2.24, 2.45) is 5.92 Å². The van der Waals surface area contributed by atoms with Crippen LogP contribution in [0.15, 0.2) is 30.3 Å². The Kier molecular flexibility index (Phi) is 6.38. The van der Waals surface area contributed by atoms with Gasteiger partial charge in [-0.05, 0) is 50.2 Å². The molecule has 2 unspecified atom stereocenters. The van der Waals surface area contributed by atoms with Crippen LogP contribution in [0.5, 0.6) is 0 Å². The van der Waals surface area contributed by atoms with Gasteiger partial charge >= 0.3 is 0 Å². The lowest BCUT2D eigenvalue weighted by atomic mass is 9.88. The lowest BCUT2D eigenvalue weighted by Gasteiger charge is -2.34. The van der Waals surface area contributed by atoms with E-state index >= 15 is 0 Å². The maximum atomic E-state index is 2.69. The average Bonchev–Trinajstić information content (AvgIpc) is 2.61. The first-order valence-electron chi connectivity index (χ1n) is 9.95. The van der Waals surface area contributed by atoms with Crippen molar-refractivity contribution in [2.45, 2.75) is 63.8 Å². The fraction of sp³-hybridized carbons (Fsp3) is 0.714. The van der Waals surface area contributed by atoms with Crippen LogP contribution in [0, 0.1) is 5.92 Å². The van der Waals surface area contributed by atoms with Crippen molar-refractivity contribution in [2.75, 3.05) is 31.6 Å². The molecule has 0 bridgehead atoms. The van der Waals surface area contributed by atoms with Crippen LogP contribution in [0.25, 0.3) is 0 Å². The predicted octanol–water partition coefficient (Wildman–Crippen LogP) is 3.53. The van der Waals surface area contributed by atoms with Crippen molar-refractivity contribution in [1.82, 2.24) is 0 Å². The summed E-state index contributed by atoms with van der Waals surface area (Å²) in [5.74, 6) is 0.917. The SMILES string of the molecule is C[NH+]1CCCCC1CCN(CC1CCCCC1)c1ccccc1. The second-order valence-electron chi connectivity index (χ2n) is 7.86. The van der Waals surface area contributed by atoms with Gasteiger partial charge in [0, 0.05) is 25.2 Å². The van der Waals surface area contributed by atoms with Gasteiger partial charge in [0.25, 0.3) is 0 Å². The van der Waals surface area contributed by atoms with Crippen molar-refractivity contribution in [3.63, 3.8) is 0 Å². The summed E-state index contributed by atoms with van der Waals surface area (Å²) in [5.41, 5.74) is 1.44. The standard InChI is InChI=1S/C21H34N2/c1-22-16-9-8-12-20(22)15-17-23(21-13-6-3-7-14-21)18-19-10-4-2-5-11-19/h3,6-7,13-14,19-20H,2,4-5,8-12,15-18H2,1H3/p+1. The summed E-state index contributed by atoms with van der Waals surface area (Å²) in [4.78, 5) is 4.46. The highest BCUT2D eigenvalue weighted by atomic mass is 15.2. The van der Waals surface area contributed by atoms with E-state index in [0.717, 1.165) is 12.0 Å². The molecule has 1 N–H and O–H groups in total. The Balaban J connectivity index is 1.60. The lowest BCUT2D eigenvalue weighted by molar-refractivity contribution is -0.911. The number of nitrogens with zero attached hydrogens (tertiary/aromatic N) is 1. The molecule has 2 aliphatic rings. The van der Waals surface area contributed by atoms with Gasteiger partial charge in [-0.25, -0.2) is 0 Å². The Hall–Kier alpha value is -1.02. The van der Waals surface area contributed by atoms with E-state index in [1.54, 1.807) is 4.90 Å². The molecule has 2 nitrogen and oxygen atoms in total. The molecule has 0 spiro atoms. The van der Waals surface area contributed by atoms with Gasteiger partial charge in [0.15, 0.2) is 0 Å². The molecule has 1 saturated carbocycles. The van der Waals surface area contributed by atoms with Gasteiger partial charge in [0.05, 0.1) is 19.6 Å². The number of hydrogen-bond acceptors (Lipinski definition) is 1. The van der Waals surface area contributed by atoms with E-state index in [1.807, 2.05) is 0 Å². The van der Waals surface area contributed by atoms with Gasteiger partial charge in [0.2, 0.25) is 0 Å². The number of hydrogen-bond donors (Lipinski definition) is 1. The zero-order valence-electron chi connectivity index (χ0n) is 15.0. The van der Waals surface area contributed by atoms with Crippen LogP contribution in [0.1, 0.15) is 57.8 Å². The van der Waals surface area contributed by atoms with Crippen LogP contribution in [0.4, 0.5) is 5.69 Å². The maximum Gasteiger partial charge on any atom is 0.0889 e. The summed E-state index contributed by atoms with van der Waals surface area (Å²) in [6.45, 7) is 3.89. The molecule has 128 valence electrons. The summed E-state index contributed by atoms with van der Waals surface area (Å²) in [5, 5.41) is 0. The maximum absolute atomic E-state index is 2.69. The van der Waals surface area contributed by atoms with Gasteiger partial charge in [0.1, 0.15) is 0 Å². The summed E-state index contributed by atoms with van der Waals surface area (Å²) in [7, 11) is 2.40. The highest BCUT2D eigenvalue weighted by Gasteiger charge is 2.24. The van der Waals surface area contributed by atoms with Gasteiger partial charge < -0.3 is 9.80 Å². The zero-order chi connectivity index (χ0) is 15.9. The molecule has 0 radical (unpaired) electrons. The molecular formula is C21H35N2+. The molecule has 0 amide bonds. The Morgan fingerprint density at radius 1 is 0.957 bits per heavy atom. The predicted molar refractivity (Wildman–Crippen MR) is 99.2 cm³/mol. The first-order valence-corrected chi connectivity index (χ1v) is 9.95. The van der Waals surface area contributed by atoms with Crippen LogP contribution >= 0.6 is 0 Å². The minimum Gasteiger partial charge on any atom is -0.371 e. The Morgan fingerprint density at radius 3 is 2.43 bits per heavy atom. The van der Waals surface area contributed by atoms with Crippen LogP contribution in [0.3, 0.4) is 0 Å². The number of likely N-dealkylation sites (tertiary alicyclic amines) is 1. The monoisotopic (exact) mass is 315 g/mol. The highest BCUT2D eigenvalue weighted by molar-refractivity contribution is 5.46. The van der Waals surface area contributed by atoms with Crippen molar-refractivity contribution in [1.29, 1.82) is 0 Å². The summed E-state index contributed by atoms with van der Waals surface area (Å²) in [6.07, 6.45) is 12.9. The van der Waals surface area contributed by atoms with E-state index in [-0.39, 0.29) is 0 Å². The molecule has 2 heteroatoms. The van der Waals surface area contributed by atoms with E-state index in [0.29, 0.717) is 0 Å². The first kappa shape index (κ1) is 16.8. The van der Waals surface area contributed by atoms with E-state index in [9.17, 15) is 0 Å². The Bertz CT molecular complexity index is 438. The summed E-state index contributed by atoms with van der Waals surface area (Å²) in [6, 6.07) is 12.0.